The Balaban J connectivity index is 0.951. The fraction of sp³-hybridized carbons (Fsp3) is 0.222. The highest BCUT2D eigenvalue weighted by molar-refractivity contribution is 6.31. The van der Waals surface area contributed by atoms with Crippen LogP contribution in [0.4, 0.5) is 11.4 Å². The monoisotopic (exact) mass is 724 g/mol. The zero-order valence-electron chi connectivity index (χ0n) is 27.0. The molecule has 15 heteroatoms. The molecule has 2 atom stereocenters. The Morgan fingerprint density at radius 1 is 0.627 bits per heavy atom. The van der Waals surface area contributed by atoms with E-state index >= 15 is 0 Å². The second kappa shape index (κ2) is 14.7. The van der Waals surface area contributed by atoms with Gasteiger partial charge in [-0.25, -0.2) is 0 Å². The summed E-state index contributed by atoms with van der Waals surface area (Å²) < 4.78 is 5.93. The van der Waals surface area contributed by atoms with Crippen LogP contribution in [0.2, 0.25) is 10.0 Å². The van der Waals surface area contributed by atoms with E-state index in [9.17, 15) is 19.2 Å². The Kier molecular flexibility index (Phi) is 9.73. The molecule has 2 N–H and O–H groups in total. The molecule has 0 spiro atoms. The predicted molar refractivity (Wildman–Crippen MR) is 189 cm³/mol. The van der Waals surface area contributed by atoms with Crippen LogP contribution in [0, 0.1) is 0 Å². The van der Waals surface area contributed by atoms with Crippen LogP contribution < -0.4 is 10.6 Å². The lowest BCUT2D eigenvalue weighted by atomic mass is 10.1. The molecule has 2 unspecified atom stereocenters. The number of amides is 4. The summed E-state index contributed by atoms with van der Waals surface area (Å²) in [5, 5.41) is 14.9. The van der Waals surface area contributed by atoms with E-state index in [-0.39, 0.29) is 46.8 Å². The van der Waals surface area contributed by atoms with Gasteiger partial charge in [0.1, 0.15) is 23.5 Å². The van der Waals surface area contributed by atoms with Crippen LogP contribution in [0.15, 0.2) is 89.6 Å². The van der Waals surface area contributed by atoms with E-state index < -0.39 is 12.1 Å². The lowest BCUT2D eigenvalue weighted by molar-refractivity contribution is -0.120. The Labute approximate surface area is 302 Å². The van der Waals surface area contributed by atoms with E-state index in [0.717, 1.165) is 0 Å². The molecule has 0 radical (unpaired) electrons. The topological polar surface area (TPSA) is 164 Å². The smallest absolute Gasteiger partial charge is 0.273 e. The van der Waals surface area contributed by atoms with Crippen LogP contribution >= 0.6 is 23.2 Å². The van der Waals surface area contributed by atoms with Gasteiger partial charge in [-0.1, -0.05) is 23.2 Å². The summed E-state index contributed by atoms with van der Waals surface area (Å²) >= 11 is 12.1. The third kappa shape index (κ3) is 7.44. The summed E-state index contributed by atoms with van der Waals surface area (Å²) in [6, 6.07) is 18.8. The Bertz CT molecular complexity index is 1960. The van der Waals surface area contributed by atoms with E-state index in [4.69, 9.17) is 27.6 Å². The first-order valence-corrected chi connectivity index (χ1v) is 17.0. The maximum absolute atomic E-state index is 13.2. The molecule has 2 aliphatic rings. The van der Waals surface area contributed by atoms with Gasteiger partial charge in [-0.2, -0.15) is 0 Å². The number of anilines is 2. The van der Waals surface area contributed by atoms with Gasteiger partial charge in [-0.15, -0.1) is 10.2 Å². The minimum Gasteiger partial charge on any atom is -0.416 e. The molecular formula is C36H30Cl2N8O5. The van der Waals surface area contributed by atoms with Crippen molar-refractivity contribution in [3.05, 3.63) is 107 Å². The van der Waals surface area contributed by atoms with Crippen molar-refractivity contribution in [3.63, 3.8) is 0 Å². The van der Waals surface area contributed by atoms with Gasteiger partial charge in [0.05, 0.1) is 0 Å². The van der Waals surface area contributed by atoms with Crippen molar-refractivity contribution in [2.24, 2.45) is 0 Å². The maximum Gasteiger partial charge on any atom is 0.273 e. The van der Waals surface area contributed by atoms with Crippen molar-refractivity contribution in [2.45, 2.75) is 37.8 Å². The van der Waals surface area contributed by atoms with Crippen LogP contribution in [0.1, 0.15) is 46.7 Å². The predicted octanol–water partition coefficient (Wildman–Crippen LogP) is 5.99. The summed E-state index contributed by atoms with van der Waals surface area (Å²) in [7, 11) is 0. The number of aromatic nitrogens is 4. The number of rotatable bonds is 8. The molecule has 5 aromatic rings. The van der Waals surface area contributed by atoms with Gasteiger partial charge in [0.25, 0.3) is 11.8 Å². The molecule has 3 aromatic heterocycles. The van der Waals surface area contributed by atoms with Crippen LogP contribution in [-0.2, 0) is 9.59 Å². The third-order valence-corrected chi connectivity index (χ3v) is 9.21. The molecule has 0 aliphatic carbocycles. The van der Waals surface area contributed by atoms with E-state index in [1.165, 1.54) is 34.3 Å². The molecule has 51 heavy (non-hydrogen) atoms. The molecule has 2 fully saturated rings. The molecule has 4 amide bonds. The number of nitrogens with zero attached hydrogens (tertiary/aromatic N) is 6. The Hall–Kier alpha value is -5.66. The fourth-order valence-corrected chi connectivity index (χ4v) is 6.52. The van der Waals surface area contributed by atoms with Gasteiger partial charge in [0.15, 0.2) is 0 Å². The summed E-state index contributed by atoms with van der Waals surface area (Å²) in [5.74, 6) is -0.703. The van der Waals surface area contributed by atoms with E-state index in [2.05, 4.69) is 30.8 Å². The molecule has 2 aromatic carbocycles. The standard InChI is InChI=1S/C36H30Cl2N8O5/c37-23-13-15-39-27(19-23)35(49)45-17-1-3-29(45)31(47)41-25-9-5-21(6-10-25)33-43-44-34(51-33)22-7-11-26(12-8-22)42-32(48)30-4-2-18-46(30)36(50)28-20-24(38)14-16-40-28/h5-16,19-20,29-30H,1-4,17-18H2,(H,41,47)(H,42,48). The lowest BCUT2D eigenvalue weighted by Crippen LogP contribution is -2.43. The zero-order chi connectivity index (χ0) is 35.5. The first-order chi connectivity index (χ1) is 24.7. The van der Waals surface area contributed by atoms with Crippen LogP contribution in [0.3, 0.4) is 0 Å². The van der Waals surface area contributed by atoms with Gasteiger partial charge in [0.2, 0.25) is 23.6 Å². The molecular weight excluding hydrogens is 695 g/mol. The SMILES string of the molecule is O=C(Nc1ccc(-c2nnc(-c3ccc(NC(=O)C4CCCN4C(=O)c4cc(Cl)ccn4)cc3)o2)cc1)C1CCCN1C(=O)c1cc(Cl)ccn1. The quantitative estimate of drug-likeness (QED) is 0.196. The molecule has 0 bridgehead atoms. The van der Waals surface area contributed by atoms with Crippen LogP contribution in [0.25, 0.3) is 22.9 Å². The fourth-order valence-electron chi connectivity index (χ4n) is 6.20. The number of carbonyl (C=O) groups excluding carboxylic acids is 4. The average molecular weight is 726 g/mol. The zero-order valence-corrected chi connectivity index (χ0v) is 28.5. The van der Waals surface area contributed by atoms with Crippen molar-refractivity contribution in [1.82, 2.24) is 30.0 Å². The van der Waals surface area contributed by atoms with E-state index in [0.29, 0.717) is 71.3 Å². The summed E-state index contributed by atoms with van der Waals surface area (Å²) in [4.78, 5) is 63.6. The number of likely N-dealkylation sites (tertiary alicyclic amines) is 2. The number of benzene rings is 2. The lowest BCUT2D eigenvalue weighted by Gasteiger charge is -2.23. The largest absolute Gasteiger partial charge is 0.416 e. The number of pyridine rings is 2. The molecule has 7 rings (SSSR count). The molecule has 0 saturated carbocycles. The molecule has 2 saturated heterocycles. The Morgan fingerprint density at radius 3 is 1.43 bits per heavy atom. The number of halogens is 2. The van der Waals surface area contributed by atoms with Gasteiger partial charge in [-0.05, 0) is 98.5 Å². The summed E-state index contributed by atoms with van der Waals surface area (Å²) in [6.45, 7) is 0.901. The second-order valence-electron chi connectivity index (χ2n) is 12.1. The van der Waals surface area contributed by atoms with E-state index in [1.54, 1.807) is 60.7 Å². The van der Waals surface area contributed by atoms with Crippen molar-refractivity contribution < 1.29 is 23.6 Å². The van der Waals surface area contributed by atoms with Crippen molar-refractivity contribution in [2.75, 3.05) is 23.7 Å². The highest BCUT2D eigenvalue weighted by Gasteiger charge is 2.36. The van der Waals surface area contributed by atoms with Gasteiger partial charge in [0, 0.05) is 58.0 Å². The van der Waals surface area contributed by atoms with Gasteiger partial charge >= 0.3 is 0 Å². The number of hydrogen-bond acceptors (Lipinski definition) is 9. The summed E-state index contributed by atoms with van der Waals surface area (Å²) in [5.41, 5.74) is 2.78. The van der Waals surface area contributed by atoms with Crippen molar-refractivity contribution in [1.29, 1.82) is 0 Å². The number of hydrogen-bond donors (Lipinski definition) is 2. The second-order valence-corrected chi connectivity index (χ2v) is 13.0. The minimum absolute atomic E-state index is 0.197. The highest BCUT2D eigenvalue weighted by atomic mass is 35.5. The molecule has 13 nitrogen and oxygen atoms in total. The number of carbonyl (C=O) groups is 4. The Morgan fingerprint density at radius 2 is 1.04 bits per heavy atom. The molecule has 2 aliphatic heterocycles. The van der Waals surface area contributed by atoms with Crippen molar-refractivity contribution in [3.8, 4) is 22.9 Å². The first-order valence-electron chi connectivity index (χ1n) is 16.2. The van der Waals surface area contributed by atoms with Gasteiger partial charge in [-0.3, -0.25) is 29.1 Å². The summed E-state index contributed by atoms with van der Waals surface area (Å²) in [6.07, 6.45) is 5.41. The van der Waals surface area contributed by atoms with E-state index in [1.807, 2.05) is 0 Å². The molecule has 258 valence electrons. The normalized spacial score (nSPS) is 17.0. The van der Waals surface area contributed by atoms with Crippen LogP contribution in [-0.4, -0.2) is 78.8 Å². The average Bonchev–Trinajstić information content (AvgIpc) is 3.94. The highest BCUT2D eigenvalue weighted by Crippen LogP contribution is 2.28. The maximum atomic E-state index is 13.2. The van der Waals surface area contributed by atoms with Crippen molar-refractivity contribution >= 4 is 58.2 Å². The number of nitrogens with one attached hydrogen (secondary N) is 2. The third-order valence-electron chi connectivity index (χ3n) is 8.74. The van der Waals surface area contributed by atoms with Crippen LogP contribution in [0.5, 0.6) is 0 Å². The van der Waals surface area contributed by atoms with Gasteiger partial charge < -0.3 is 24.9 Å². The minimum atomic E-state index is -0.630. The molecule has 5 heterocycles. The first kappa shape index (κ1) is 33.8.